The second kappa shape index (κ2) is 10.8. The first-order valence-corrected chi connectivity index (χ1v) is 9.84. The van der Waals surface area contributed by atoms with Crippen molar-refractivity contribution >= 4 is 23.3 Å². The van der Waals surface area contributed by atoms with Crippen molar-refractivity contribution in [3.63, 3.8) is 0 Å². The van der Waals surface area contributed by atoms with Crippen LogP contribution in [0.1, 0.15) is 37.0 Å². The van der Waals surface area contributed by atoms with Gasteiger partial charge in [0.15, 0.2) is 6.10 Å². The van der Waals surface area contributed by atoms with E-state index in [9.17, 15) is 32.3 Å². The van der Waals surface area contributed by atoms with Gasteiger partial charge in [0.05, 0.1) is 24.2 Å². The first-order valence-electron chi connectivity index (χ1n) is 9.84. The van der Waals surface area contributed by atoms with Crippen molar-refractivity contribution in [1.82, 2.24) is 0 Å². The van der Waals surface area contributed by atoms with Crippen molar-refractivity contribution in [2.24, 2.45) is 0 Å². The number of hydrogen-bond acceptors (Lipinski definition) is 4. The second-order valence-corrected chi connectivity index (χ2v) is 7.00. The molecule has 0 saturated carbocycles. The van der Waals surface area contributed by atoms with E-state index in [0.717, 1.165) is 0 Å². The molecule has 2 rings (SSSR count). The molecule has 0 radical (unpaired) electrons. The number of halogens is 4. The fourth-order valence-corrected chi connectivity index (χ4v) is 3.08. The van der Waals surface area contributed by atoms with Gasteiger partial charge < -0.3 is 20.1 Å². The Labute approximate surface area is 182 Å². The van der Waals surface area contributed by atoms with Crippen LogP contribution in [0, 0.1) is 0 Å². The Kier molecular flexibility index (Phi) is 8.45. The summed E-state index contributed by atoms with van der Waals surface area (Å²) in [6, 6.07) is 3.98. The smallest absolute Gasteiger partial charge is 0.393 e. The van der Waals surface area contributed by atoms with E-state index in [2.05, 4.69) is 5.32 Å². The summed E-state index contributed by atoms with van der Waals surface area (Å²) in [6.07, 6.45) is -1.95. The highest BCUT2D eigenvalue weighted by molar-refractivity contribution is 6.02. The van der Waals surface area contributed by atoms with Crippen LogP contribution in [-0.4, -0.2) is 42.4 Å². The van der Waals surface area contributed by atoms with Gasteiger partial charge in [-0.1, -0.05) is 6.08 Å². The van der Waals surface area contributed by atoms with E-state index in [4.69, 9.17) is 4.74 Å². The number of nitrogens with one attached hydrogen (secondary N) is 1. The lowest BCUT2D eigenvalue weighted by molar-refractivity contribution is -0.162. The standard InChI is InChI=1S/C22H24F4N2O4/c1-3-6-16(4-2)32-19(12-22(24,25)26)20(29)27-18-9-8-15(11-17(18)21(30)31)28-10-5-7-14(23)13-28/h3-4,6-9,11,19H,5,10,12-13H2,1-2H3,(H,27,29)(H,30,31)/b6-3-,16-4+/t19-/m0/s1. The van der Waals surface area contributed by atoms with Crippen molar-refractivity contribution in [2.45, 2.75) is 39.0 Å². The molecule has 0 unspecified atom stereocenters. The van der Waals surface area contributed by atoms with Gasteiger partial charge in [-0.15, -0.1) is 0 Å². The molecule has 0 saturated heterocycles. The van der Waals surface area contributed by atoms with Crippen LogP contribution < -0.4 is 10.2 Å². The summed E-state index contributed by atoms with van der Waals surface area (Å²) < 4.78 is 57.8. The Morgan fingerprint density at radius 2 is 2.03 bits per heavy atom. The maximum Gasteiger partial charge on any atom is 0.393 e. The molecule has 0 aromatic heterocycles. The number of benzene rings is 1. The van der Waals surface area contributed by atoms with E-state index in [1.54, 1.807) is 11.8 Å². The van der Waals surface area contributed by atoms with Gasteiger partial charge in [0.2, 0.25) is 0 Å². The summed E-state index contributed by atoms with van der Waals surface area (Å²) in [5.41, 5.74) is -0.115. The van der Waals surface area contributed by atoms with Crippen LogP contribution in [-0.2, 0) is 9.53 Å². The zero-order chi connectivity index (χ0) is 23.9. The summed E-state index contributed by atoms with van der Waals surface area (Å²) in [7, 11) is 0. The minimum absolute atomic E-state index is 0.0245. The minimum atomic E-state index is -4.69. The lowest BCUT2D eigenvalue weighted by Crippen LogP contribution is -2.35. The molecule has 0 aliphatic carbocycles. The van der Waals surface area contributed by atoms with Gasteiger partial charge in [0, 0.05) is 12.2 Å². The lowest BCUT2D eigenvalue weighted by atomic mass is 10.1. The number of carbonyl (C=O) groups is 2. The predicted octanol–water partition coefficient (Wildman–Crippen LogP) is 5.20. The van der Waals surface area contributed by atoms with Crippen LogP contribution in [0.25, 0.3) is 0 Å². The average Bonchev–Trinajstić information content (AvgIpc) is 2.71. The van der Waals surface area contributed by atoms with Gasteiger partial charge in [-0.25, -0.2) is 9.18 Å². The molecule has 174 valence electrons. The Hall–Kier alpha value is -3.30. The topological polar surface area (TPSA) is 78.9 Å². The molecule has 1 heterocycles. The largest absolute Gasteiger partial charge is 0.481 e. The normalized spacial score (nSPS) is 16.0. The highest BCUT2D eigenvalue weighted by Gasteiger charge is 2.37. The molecule has 1 aromatic carbocycles. The van der Waals surface area contributed by atoms with Crippen LogP contribution in [0.15, 0.2) is 54.1 Å². The molecular weight excluding hydrogens is 432 g/mol. The number of aromatic carboxylic acids is 1. The third-order valence-electron chi connectivity index (χ3n) is 4.57. The third kappa shape index (κ3) is 7.14. The molecule has 0 spiro atoms. The third-order valence-corrected chi connectivity index (χ3v) is 4.57. The Balaban J connectivity index is 2.29. The molecule has 1 aromatic rings. The van der Waals surface area contributed by atoms with E-state index < -0.39 is 30.6 Å². The zero-order valence-electron chi connectivity index (χ0n) is 17.6. The number of ether oxygens (including phenoxy) is 1. The molecule has 10 heteroatoms. The van der Waals surface area contributed by atoms with Crippen molar-refractivity contribution in [3.8, 4) is 0 Å². The van der Waals surface area contributed by atoms with Crippen molar-refractivity contribution < 1.29 is 37.0 Å². The molecule has 1 amide bonds. The maximum atomic E-state index is 13.6. The average molecular weight is 456 g/mol. The van der Waals surface area contributed by atoms with Gasteiger partial charge in [-0.2, -0.15) is 13.2 Å². The minimum Gasteiger partial charge on any atom is -0.481 e. The number of carboxylic acids is 1. The summed E-state index contributed by atoms with van der Waals surface area (Å²) in [5.74, 6) is -2.83. The van der Waals surface area contributed by atoms with Crippen molar-refractivity contribution in [2.75, 3.05) is 23.3 Å². The number of carboxylic acid groups (broad SMARTS) is 1. The Morgan fingerprint density at radius 3 is 2.59 bits per heavy atom. The van der Waals surface area contributed by atoms with E-state index in [0.29, 0.717) is 18.7 Å². The number of allylic oxidation sites excluding steroid dienone is 3. The Bertz CT molecular complexity index is 938. The van der Waals surface area contributed by atoms with Crippen LogP contribution in [0.2, 0.25) is 0 Å². The molecular formula is C22H24F4N2O4. The SMILES string of the molecule is C/C=C\C(=C/C)O[C@@H](CC(F)(F)F)C(=O)Nc1ccc(N2CCC=C(F)C2)cc1C(=O)O. The van der Waals surface area contributed by atoms with Gasteiger partial charge in [-0.05, 0) is 56.7 Å². The maximum absolute atomic E-state index is 13.6. The fourth-order valence-electron chi connectivity index (χ4n) is 3.08. The van der Waals surface area contributed by atoms with Crippen molar-refractivity contribution in [1.29, 1.82) is 0 Å². The highest BCUT2D eigenvalue weighted by Crippen LogP contribution is 2.28. The van der Waals surface area contributed by atoms with Gasteiger partial charge in [0.25, 0.3) is 5.91 Å². The first kappa shape index (κ1) is 25.0. The van der Waals surface area contributed by atoms with Crippen LogP contribution in [0.5, 0.6) is 0 Å². The molecule has 32 heavy (non-hydrogen) atoms. The lowest BCUT2D eigenvalue weighted by Gasteiger charge is -2.27. The van der Waals surface area contributed by atoms with Gasteiger partial charge >= 0.3 is 12.1 Å². The number of anilines is 2. The summed E-state index contributed by atoms with van der Waals surface area (Å²) in [4.78, 5) is 26.0. The Morgan fingerprint density at radius 1 is 1.31 bits per heavy atom. The molecule has 1 aliphatic rings. The quantitative estimate of drug-likeness (QED) is 0.319. The van der Waals surface area contributed by atoms with Crippen LogP contribution in [0.3, 0.4) is 0 Å². The number of carbonyl (C=O) groups excluding carboxylic acids is 1. The number of amides is 1. The molecule has 1 aliphatic heterocycles. The van der Waals surface area contributed by atoms with Crippen LogP contribution >= 0.6 is 0 Å². The van der Waals surface area contributed by atoms with Crippen molar-refractivity contribution in [3.05, 3.63) is 59.7 Å². The van der Waals surface area contributed by atoms with Gasteiger partial charge in [-0.3, -0.25) is 4.79 Å². The molecule has 0 fully saturated rings. The predicted molar refractivity (Wildman–Crippen MR) is 112 cm³/mol. The first-order chi connectivity index (χ1) is 15.0. The number of rotatable bonds is 8. The number of nitrogens with zero attached hydrogens (tertiary/aromatic N) is 1. The second-order valence-electron chi connectivity index (χ2n) is 7.00. The summed E-state index contributed by atoms with van der Waals surface area (Å²) in [6.45, 7) is 3.62. The molecule has 0 bridgehead atoms. The summed E-state index contributed by atoms with van der Waals surface area (Å²) >= 11 is 0. The van der Waals surface area contributed by atoms with Crippen LogP contribution in [0.4, 0.5) is 28.9 Å². The molecule has 1 atom stereocenters. The monoisotopic (exact) mass is 456 g/mol. The molecule has 6 nitrogen and oxygen atoms in total. The highest BCUT2D eigenvalue weighted by atomic mass is 19.4. The zero-order valence-corrected chi connectivity index (χ0v) is 17.6. The van der Waals surface area contributed by atoms with E-state index >= 15 is 0 Å². The van der Waals surface area contributed by atoms with E-state index in [1.165, 1.54) is 49.4 Å². The number of hydrogen-bond donors (Lipinski definition) is 2. The van der Waals surface area contributed by atoms with E-state index in [1.807, 2.05) is 0 Å². The van der Waals surface area contributed by atoms with Gasteiger partial charge in [0.1, 0.15) is 11.6 Å². The molecule has 2 N–H and O–H groups in total. The summed E-state index contributed by atoms with van der Waals surface area (Å²) in [5, 5.41) is 11.8. The number of alkyl halides is 3. The fraction of sp³-hybridized carbons (Fsp3) is 0.364. The van der Waals surface area contributed by atoms with E-state index in [-0.39, 0.29) is 29.4 Å².